The molecule has 132 valence electrons. The Bertz CT molecular complexity index is 617. The van der Waals surface area contributed by atoms with Gasteiger partial charge in [0.15, 0.2) is 11.5 Å². The SMILES string of the molecule is CCC(C)N(C)C(=O)C1CC(=O)N(c2ccc(OC)c(OC)c2)C1. The maximum Gasteiger partial charge on any atom is 0.227 e. The van der Waals surface area contributed by atoms with Crippen molar-refractivity contribution in [3.05, 3.63) is 18.2 Å². The van der Waals surface area contributed by atoms with Crippen molar-refractivity contribution in [1.82, 2.24) is 4.90 Å². The molecule has 2 rings (SSSR count). The lowest BCUT2D eigenvalue weighted by molar-refractivity contribution is -0.136. The number of benzene rings is 1. The third-order valence-corrected chi connectivity index (χ3v) is 4.75. The quantitative estimate of drug-likeness (QED) is 0.801. The van der Waals surface area contributed by atoms with Gasteiger partial charge in [-0.1, -0.05) is 6.92 Å². The van der Waals surface area contributed by atoms with E-state index in [0.29, 0.717) is 18.0 Å². The minimum atomic E-state index is -0.301. The van der Waals surface area contributed by atoms with Gasteiger partial charge in [-0.25, -0.2) is 0 Å². The van der Waals surface area contributed by atoms with Crippen molar-refractivity contribution in [3.63, 3.8) is 0 Å². The Morgan fingerprint density at radius 2 is 2.00 bits per heavy atom. The molecule has 0 saturated carbocycles. The highest BCUT2D eigenvalue weighted by Crippen LogP contribution is 2.34. The van der Waals surface area contributed by atoms with Gasteiger partial charge in [0.1, 0.15) is 0 Å². The van der Waals surface area contributed by atoms with Crippen LogP contribution in [0.15, 0.2) is 18.2 Å². The zero-order chi connectivity index (χ0) is 17.9. The molecule has 2 amide bonds. The van der Waals surface area contributed by atoms with Crippen LogP contribution in [0.3, 0.4) is 0 Å². The van der Waals surface area contributed by atoms with E-state index >= 15 is 0 Å². The summed E-state index contributed by atoms with van der Waals surface area (Å²) < 4.78 is 10.5. The number of hydrogen-bond donors (Lipinski definition) is 0. The maximum absolute atomic E-state index is 12.6. The van der Waals surface area contributed by atoms with Crippen molar-refractivity contribution >= 4 is 17.5 Å². The van der Waals surface area contributed by atoms with E-state index in [1.807, 2.05) is 19.9 Å². The predicted molar refractivity (Wildman–Crippen MR) is 92.5 cm³/mol. The highest BCUT2D eigenvalue weighted by atomic mass is 16.5. The van der Waals surface area contributed by atoms with E-state index in [-0.39, 0.29) is 30.2 Å². The summed E-state index contributed by atoms with van der Waals surface area (Å²) in [7, 11) is 4.93. The number of rotatable bonds is 6. The highest BCUT2D eigenvalue weighted by molar-refractivity contribution is 6.00. The fraction of sp³-hybridized carbons (Fsp3) is 0.556. The first-order valence-electron chi connectivity index (χ1n) is 8.21. The molecule has 0 spiro atoms. The molecular weight excluding hydrogens is 308 g/mol. The van der Waals surface area contributed by atoms with E-state index in [9.17, 15) is 9.59 Å². The Kier molecular flexibility index (Phi) is 5.70. The summed E-state index contributed by atoms with van der Waals surface area (Å²) in [6.45, 7) is 4.46. The monoisotopic (exact) mass is 334 g/mol. The van der Waals surface area contributed by atoms with Gasteiger partial charge in [0.05, 0.1) is 20.1 Å². The summed E-state index contributed by atoms with van der Waals surface area (Å²) >= 11 is 0. The largest absolute Gasteiger partial charge is 0.493 e. The summed E-state index contributed by atoms with van der Waals surface area (Å²) in [6.07, 6.45) is 1.14. The summed E-state index contributed by atoms with van der Waals surface area (Å²) in [5, 5.41) is 0. The first-order valence-corrected chi connectivity index (χ1v) is 8.21. The van der Waals surface area contributed by atoms with Crippen molar-refractivity contribution in [3.8, 4) is 11.5 Å². The fourth-order valence-corrected chi connectivity index (χ4v) is 2.89. The molecule has 6 heteroatoms. The molecule has 1 aliphatic rings. The molecule has 0 aromatic heterocycles. The zero-order valence-corrected chi connectivity index (χ0v) is 15.0. The molecule has 24 heavy (non-hydrogen) atoms. The van der Waals surface area contributed by atoms with Crippen LogP contribution in [0.25, 0.3) is 0 Å². The number of carbonyl (C=O) groups is 2. The van der Waals surface area contributed by atoms with Crippen molar-refractivity contribution < 1.29 is 19.1 Å². The van der Waals surface area contributed by atoms with Gasteiger partial charge < -0.3 is 19.3 Å². The molecular formula is C18H26N2O4. The lowest BCUT2D eigenvalue weighted by Crippen LogP contribution is -2.39. The Balaban J connectivity index is 2.17. The van der Waals surface area contributed by atoms with Gasteiger partial charge in [0, 0.05) is 37.8 Å². The van der Waals surface area contributed by atoms with Gasteiger partial charge >= 0.3 is 0 Å². The van der Waals surface area contributed by atoms with Crippen LogP contribution < -0.4 is 14.4 Å². The van der Waals surface area contributed by atoms with Crippen LogP contribution in [0.5, 0.6) is 11.5 Å². The van der Waals surface area contributed by atoms with E-state index < -0.39 is 0 Å². The predicted octanol–water partition coefficient (Wildman–Crippen LogP) is 2.31. The third kappa shape index (κ3) is 3.47. The summed E-state index contributed by atoms with van der Waals surface area (Å²) in [5.74, 6) is 0.856. The Morgan fingerprint density at radius 3 is 2.58 bits per heavy atom. The second kappa shape index (κ2) is 7.55. The zero-order valence-electron chi connectivity index (χ0n) is 15.0. The number of anilines is 1. The van der Waals surface area contributed by atoms with Crippen molar-refractivity contribution in [2.75, 3.05) is 32.7 Å². The summed E-state index contributed by atoms with van der Waals surface area (Å²) in [4.78, 5) is 28.4. The second-order valence-electron chi connectivity index (χ2n) is 6.15. The second-order valence-corrected chi connectivity index (χ2v) is 6.15. The number of carbonyl (C=O) groups excluding carboxylic acids is 2. The molecule has 6 nitrogen and oxygen atoms in total. The Labute approximate surface area is 143 Å². The maximum atomic E-state index is 12.6. The molecule has 1 aliphatic heterocycles. The van der Waals surface area contributed by atoms with E-state index in [4.69, 9.17) is 9.47 Å². The molecule has 2 unspecified atom stereocenters. The molecule has 1 aromatic carbocycles. The van der Waals surface area contributed by atoms with Crippen LogP contribution >= 0.6 is 0 Å². The van der Waals surface area contributed by atoms with Crippen molar-refractivity contribution in [1.29, 1.82) is 0 Å². The highest BCUT2D eigenvalue weighted by Gasteiger charge is 2.37. The molecule has 0 N–H and O–H groups in total. The van der Waals surface area contributed by atoms with Crippen LogP contribution in [0.2, 0.25) is 0 Å². The normalized spacial score (nSPS) is 18.5. The van der Waals surface area contributed by atoms with Crippen LogP contribution in [0.1, 0.15) is 26.7 Å². The lowest BCUT2D eigenvalue weighted by Gasteiger charge is -2.26. The molecule has 0 aliphatic carbocycles. The number of amides is 2. The average molecular weight is 334 g/mol. The minimum absolute atomic E-state index is 0.0284. The number of hydrogen-bond acceptors (Lipinski definition) is 4. The van der Waals surface area contributed by atoms with E-state index in [2.05, 4.69) is 0 Å². The number of ether oxygens (including phenoxy) is 2. The molecule has 0 bridgehead atoms. The molecule has 1 fully saturated rings. The van der Waals surface area contributed by atoms with Gasteiger partial charge in [-0.2, -0.15) is 0 Å². The average Bonchev–Trinajstić information content (AvgIpc) is 3.00. The summed E-state index contributed by atoms with van der Waals surface area (Å²) in [6, 6.07) is 5.51. The standard InChI is InChI=1S/C18H26N2O4/c1-6-12(2)19(3)18(22)13-9-17(21)20(11-13)14-7-8-15(23-4)16(10-14)24-5/h7-8,10,12-13H,6,9,11H2,1-5H3. The molecule has 2 atom stereocenters. The Hall–Kier alpha value is -2.24. The van der Waals surface area contributed by atoms with Crippen molar-refractivity contribution in [2.45, 2.75) is 32.7 Å². The van der Waals surface area contributed by atoms with Crippen LogP contribution in [0, 0.1) is 5.92 Å². The minimum Gasteiger partial charge on any atom is -0.493 e. The molecule has 1 saturated heterocycles. The van der Waals surface area contributed by atoms with Gasteiger partial charge in [-0.15, -0.1) is 0 Å². The van der Waals surface area contributed by atoms with Crippen LogP contribution in [-0.2, 0) is 9.59 Å². The summed E-state index contributed by atoms with van der Waals surface area (Å²) in [5.41, 5.74) is 0.721. The van der Waals surface area contributed by atoms with Crippen molar-refractivity contribution in [2.24, 2.45) is 5.92 Å². The molecule has 1 heterocycles. The van der Waals surface area contributed by atoms with E-state index in [1.54, 1.807) is 43.2 Å². The van der Waals surface area contributed by atoms with Crippen LogP contribution in [-0.4, -0.2) is 50.6 Å². The first-order chi connectivity index (χ1) is 11.4. The number of methoxy groups -OCH3 is 2. The third-order valence-electron chi connectivity index (χ3n) is 4.75. The van der Waals surface area contributed by atoms with E-state index in [0.717, 1.165) is 12.1 Å². The van der Waals surface area contributed by atoms with Gasteiger partial charge in [0.2, 0.25) is 11.8 Å². The topological polar surface area (TPSA) is 59.1 Å². The van der Waals surface area contributed by atoms with E-state index in [1.165, 1.54) is 0 Å². The lowest BCUT2D eigenvalue weighted by atomic mass is 10.1. The smallest absolute Gasteiger partial charge is 0.227 e. The van der Waals surface area contributed by atoms with Gasteiger partial charge in [0.25, 0.3) is 0 Å². The van der Waals surface area contributed by atoms with Gasteiger partial charge in [-0.3, -0.25) is 9.59 Å². The molecule has 1 aromatic rings. The Morgan fingerprint density at radius 1 is 1.33 bits per heavy atom. The fourth-order valence-electron chi connectivity index (χ4n) is 2.89. The van der Waals surface area contributed by atoms with Gasteiger partial charge in [-0.05, 0) is 25.5 Å². The first kappa shape index (κ1) is 18.1. The number of nitrogens with zero attached hydrogens (tertiary/aromatic N) is 2. The molecule has 0 radical (unpaired) electrons. The van der Waals surface area contributed by atoms with Crippen LogP contribution in [0.4, 0.5) is 5.69 Å².